The lowest BCUT2D eigenvalue weighted by Crippen LogP contribution is -2.29. The second-order valence-corrected chi connectivity index (χ2v) is 4.81. The summed E-state index contributed by atoms with van der Waals surface area (Å²) in [6, 6.07) is 6.86. The summed E-state index contributed by atoms with van der Waals surface area (Å²) in [7, 11) is 0. The highest BCUT2D eigenvalue weighted by Crippen LogP contribution is 2.16. The van der Waals surface area contributed by atoms with E-state index in [1.165, 1.54) is 6.33 Å². The van der Waals surface area contributed by atoms with Crippen molar-refractivity contribution >= 4 is 11.7 Å². The van der Waals surface area contributed by atoms with Crippen LogP contribution in [0.3, 0.4) is 0 Å². The zero-order valence-corrected chi connectivity index (χ0v) is 12.0. The summed E-state index contributed by atoms with van der Waals surface area (Å²) in [4.78, 5) is 10.6. The molecular weight excluding hydrogens is 284 g/mol. The zero-order valence-electron chi connectivity index (χ0n) is 12.0. The fourth-order valence-electron chi connectivity index (χ4n) is 1.90. The van der Waals surface area contributed by atoms with E-state index in [-0.39, 0.29) is 0 Å². The summed E-state index contributed by atoms with van der Waals surface area (Å²) in [6.45, 7) is 0.761. The van der Waals surface area contributed by atoms with Crippen molar-refractivity contribution in [3.63, 3.8) is 0 Å². The summed E-state index contributed by atoms with van der Waals surface area (Å²) < 4.78 is 0. The lowest BCUT2D eigenvalue weighted by molar-refractivity contribution is -0.138. The minimum absolute atomic E-state index is 0.483. The van der Waals surface area contributed by atoms with E-state index in [9.17, 15) is 4.79 Å². The summed E-state index contributed by atoms with van der Waals surface area (Å²) in [5, 5.41) is 27.1. The number of carboxylic acid groups (broad SMARTS) is 1. The molecule has 0 aliphatic rings. The number of aromatic nitrogens is 4. The van der Waals surface area contributed by atoms with Gasteiger partial charge >= 0.3 is 5.97 Å². The van der Waals surface area contributed by atoms with Crippen LogP contribution in [0, 0.1) is 0 Å². The molecule has 0 radical (unpaired) electrons. The van der Waals surface area contributed by atoms with E-state index in [4.69, 9.17) is 10.8 Å². The van der Waals surface area contributed by atoms with Gasteiger partial charge in [0.25, 0.3) is 0 Å². The van der Waals surface area contributed by atoms with Gasteiger partial charge in [-0.1, -0.05) is 0 Å². The third-order valence-corrected chi connectivity index (χ3v) is 3.14. The summed E-state index contributed by atoms with van der Waals surface area (Å²) >= 11 is 0. The van der Waals surface area contributed by atoms with Gasteiger partial charge < -0.3 is 16.2 Å². The van der Waals surface area contributed by atoms with Gasteiger partial charge in [-0.2, -0.15) is 0 Å². The lowest BCUT2D eigenvalue weighted by Gasteiger charge is -2.08. The monoisotopic (exact) mass is 302 g/mol. The molecule has 0 aliphatic carbocycles. The second kappa shape index (κ2) is 7.99. The Morgan fingerprint density at radius 2 is 1.86 bits per heavy atom. The SMILES string of the molecule is NC(CCCCNc1ccc(-c2nncnn2)cc1)C(=O)O. The molecule has 1 unspecified atom stereocenters. The minimum Gasteiger partial charge on any atom is -0.480 e. The number of benzene rings is 1. The maximum atomic E-state index is 10.6. The highest BCUT2D eigenvalue weighted by Gasteiger charge is 2.09. The Hall–Kier alpha value is -2.61. The smallest absolute Gasteiger partial charge is 0.320 e. The van der Waals surface area contributed by atoms with E-state index in [0.29, 0.717) is 12.2 Å². The quantitative estimate of drug-likeness (QED) is 0.614. The molecule has 0 bridgehead atoms. The minimum atomic E-state index is -0.948. The number of nitrogens with two attached hydrogens (primary N) is 1. The fourth-order valence-corrected chi connectivity index (χ4v) is 1.90. The van der Waals surface area contributed by atoms with Crippen LogP contribution in [0.5, 0.6) is 0 Å². The van der Waals surface area contributed by atoms with Gasteiger partial charge in [0, 0.05) is 17.8 Å². The molecule has 2 rings (SSSR count). The number of hydrogen-bond donors (Lipinski definition) is 3. The van der Waals surface area contributed by atoms with E-state index in [2.05, 4.69) is 25.7 Å². The molecule has 0 spiro atoms. The van der Waals surface area contributed by atoms with Crippen LogP contribution in [0.4, 0.5) is 5.69 Å². The first-order chi connectivity index (χ1) is 10.7. The van der Waals surface area contributed by atoms with Crippen molar-refractivity contribution in [3.8, 4) is 11.4 Å². The summed E-state index contributed by atoms with van der Waals surface area (Å²) in [6.07, 6.45) is 3.41. The molecule has 0 saturated carbocycles. The Kier molecular flexibility index (Phi) is 5.73. The first kappa shape index (κ1) is 15.8. The van der Waals surface area contributed by atoms with Crippen molar-refractivity contribution in [2.75, 3.05) is 11.9 Å². The molecule has 1 heterocycles. The van der Waals surface area contributed by atoms with Crippen molar-refractivity contribution in [3.05, 3.63) is 30.6 Å². The number of nitrogens with zero attached hydrogens (tertiary/aromatic N) is 4. The average Bonchev–Trinajstić information content (AvgIpc) is 2.55. The Bertz CT molecular complexity index is 590. The van der Waals surface area contributed by atoms with Crippen LogP contribution < -0.4 is 11.1 Å². The molecule has 2 aromatic rings. The van der Waals surface area contributed by atoms with Crippen LogP contribution in [-0.4, -0.2) is 44.1 Å². The van der Waals surface area contributed by atoms with Crippen molar-refractivity contribution in [1.82, 2.24) is 20.4 Å². The largest absolute Gasteiger partial charge is 0.480 e. The number of hydrogen-bond acceptors (Lipinski definition) is 7. The molecule has 0 aliphatic heterocycles. The molecular formula is C14H18N6O2. The van der Waals surface area contributed by atoms with E-state index in [1.807, 2.05) is 24.3 Å². The first-order valence-corrected chi connectivity index (χ1v) is 7.00. The number of nitrogens with one attached hydrogen (secondary N) is 1. The van der Waals surface area contributed by atoms with Gasteiger partial charge in [0.2, 0.25) is 5.82 Å². The molecule has 8 heteroatoms. The molecule has 4 N–H and O–H groups in total. The lowest BCUT2D eigenvalue weighted by atomic mass is 10.1. The maximum Gasteiger partial charge on any atom is 0.320 e. The van der Waals surface area contributed by atoms with E-state index < -0.39 is 12.0 Å². The molecule has 0 saturated heterocycles. The van der Waals surface area contributed by atoms with Gasteiger partial charge in [-0.25, -0.2) is 0 Å². The molecule has 0 amide bonds. The van der Waals surface area contributed by atoms with Crippen LogP contribution in [-0.2, 0) is 4.79 Å². The number of anilines is 1. The van der Waals surface area contributed by atoms with E-state index in [0.717, 1.165) is 30.6 Å². The summed E-state index contributed by atoms with van der Waals surface area (Å²) in [5.74, 6) is -0.465. The molecule has 116 valence electrons. The molecule has 8 nitrogen and oxygen atoms in total. The van der Waals surface area contributed by atoms with E-state index >= 15 is 0 Å². The van der Waals surface area contributed by atoms with Crippen molar-refractivity contribution in [2.24, 2.45) is 5.73 Å². The van der Waals surface area contributed by atoms with Gasteiger partial charge in [0.1, 0.15) is 6.04 Å². The van der Waals surface area contributed by atoms with Crippen LogP contribution in [0.2, 0.25) is 0 Å². The van der Waals surface area contributed by atoms with Gasteiger partial charge in [-0.3, -0.25) is 4.79 Å². The van der Waals surface area contributed by atoms with Gasteiger partial charge in [-0.15, -0.1) is 20.4 Å². The third kappa shape index (κ3) is 4.74. The van der Waals surface area contributed by atoms with Crippen LogP contribution in [0.15, 0.2) is 30.6 Å². The number of aliphatic carboxylic acids is 1. The van der Waals surface area contributed by atoms with E-state index in [1.54, 1.807) is 0 Å². The van der Waals surface area contributed by atoms with Crippen molar-refractivity contribution in [1.29, 1.82) is 0 Å². The fraction of sp³-hybridized carbons (Fsp3) is 0.357. The standard InChI is InChI=1S/C14H18N6O2/c15-12(14(21)22)3-1-2-8-16-11-6-4-10(5-7-11)13-19-17-9-18-20-13/h4-7,9,12,16H,1-3,8,15H2,(H,21,22). The average molecular weight is 302 g/mol. The molecule has 1 aromatic heterocycles. The Morgan fingerprint density at radius 3 is 2.50 bits per heavy atom. The van der Waals surface area contributed by atoms with Gasteiger partial charge in [-0.05, 0) is 43.5 Å². The predicted molar refractivity (Wildman–Crippen MR) is 81.0 cm³/mol. The molecule has 1 atom stereocenters. The predicted octanol–water partition coefficient (Wildman–Crippen LogP) is 0.928. The maximum absolute atomic E-state index is 10.6. The van der Waals surface area contributed by atoms with Crippen molar-refractivity contribution < 1.29 is 9.90 Å². The second-order valence-electron chi connectivity index (χ2n) is 4.81. The zero-order chi connectivity index (χ0) is 15.8. The van der Waals surface area contributed by atoms with Crippen molar-refractivity contribution in [2.45, 2.75) is 25.3 Å². The Balaban J connectivity index is 1.74. The number of unbranched alkanes of at least 4 members (excludes halogenated alkanes) is 1. The molecule has 22 heavy (non-hydrogen) atoms. The normalized spacial score (nSPS) is 11.9. The Morgan fingerprint density at radius 1 is 1.18 bits per heavy atom. The van der Waals surface area contributed by atoms with Gasteiger partial charge in [0.05, 0.1) is 0 Å². The van der Waals surface area contributed by atoms with Gasteiger partial charge in [0.15, 0.2) is 6.33 Å². The van der Waals surface area contributed by atoms with Crippen LogP contribution in [0.25, 0.3) is 11.4 Å². The highest BCUT2D eigenvalue weighted by molar-refractivity contribution is 5.72. The number of carbonyl (C=O) groups is 1. The third-order valence-electron chi connectivity index (χ3n) is 3.14. The summed E-state index contributed by atoms with van der Waals surface area (Å²) in [5.41, 5.74) is 7.26. The van der Waals surface area contributed by atoms with Crippen LogP contribution >= 0.6 is 0 Å². The first-order valence-electron chi connectivity index (χ1n) is 7.00. The highest BCUT2D eigenvalue weighted by atomic mass is 16.4. The number of rotatable bonds is 8. The Labute approximate surface area is 127 Å². The molecule has 1 aromatic carbocycles. The number of carboxylic acids is 1. The molecule has 0 fully saturated rings. The van der Waals surface area contributed by atoms with Crippen LogP contribution in [0.1, 0.15) is 19.3 Å². The topological polar surface area (TPSA) is 127 Å².